The highest BCUT2D eigenvalue weighted by atomic mass is 16.6. The Balaban J connectivity index is 1.58. The largest absolute Gasteiger partial charge is 0.462 e. The third kappa shape index (κ3) is 4.46. The number of esters is 1. The topological polar surface area (TPSA) is 69.4 Å². The molecule has 192 valence electrons. The van der Waals surface area contributed by atoms with Crippen molar-refractivity contribution in [1.82, 2.24) is 0 Å². The molecule has 0 N–H and O–H groups in total. The molecular formula is C29H47NO4. The third-order valence-electron chi connectivity index (χ3n) is 10.9. The van der Waals surface area contributed by atoms with Crippen LogP contribution in [0, 0.1) is 56.5 Å². The summed E-state index contributed by atoms with van der Waals surface area (Å²) in [5.41, 5.74) is 1.66. The second kappa shape index (κ2) is 9.58. The minimum atomic E-state index is -0.279. The Morgan fingerprint density at radius 2 is 1.79 bits per heavy atom. The van der Waals surface area contributed by atoms with Crippen LogP contribution in [0.2, 0.25) is 0 Å². The summed E-state index contributed by atoms with van der Waals surface area (Å²) >= 11 is 0. The number of carbonyl (C=O) groups excluding carboxylic acids is 1. The second-order valence-electron chi connectivity index (χ2n) is 13.2. The van der Waals surface area contributed by atoms with Crippen LogP contribution in [0.3, 0.4) is 0 Å². The zero-order valence-corrected chi connectivity index (χ0v) is 22.4. The lowest BCUT2D eigenvalue weighted by molar-refractivity contribution is -0.434. The average molecular weight is 474 g/mol. The molecule has 0 heterocycles. The highest BCUT2D eigenvalue weighted by molar-refractivity contribution is 5.66. The smallest absolute Gasteiger partial charge is 0.302 e. The third-order valence-corrected chi connectivity index (χ3v) is 10.9. The number of hydrogen-bond acceptors (Lipinski definition) is 4. The molecule has 0 aromatic heterocycles. The minimum absolute atomic E-state index is 0.0904. The molecule has 0 bridgehead atoms. The molecule has 0 aromatic carbocycles. The first-order valence-electron chi connectivity index (χ1n) is 14.0. The lowest BCUT2D eigenvalue weighted by atomic mass is 9.46. The second-order valence-corrected chi connectivity index (χ2v) is 13.2. The van der Waals surface area contributed by atoms with E-state index in [0.29, 0.717) is 41.7 Å². The van der Waals surface area contributed by atoms with Crippen LogP contribution in [0.25, 0.3) is 0 Å². The van der Waals surface area contributed by atoms with Crippen molar-refractivity contribution in [1.29, 1.82) is 0 Å². The predicted octanol–water partition coefficient (Wildman–Crippen LogP) is 7.56. The van der Waals surface area contributed by atoms with Gasteiger partial charge in [0, 0.05) is 25.3 Å². The molecule has 0 aromatic rings. The van der Waals surface area contributed by atoms with Gasteiger partial charge in [-0.05, 0) is 84.9 Å². The number of carbonyl (C=O) groups is 1. The van der Waals surface area contributed by atoms with Crippen molar-refractivity contribution in [3.05, 3.63) is 21.4 Å². The van der Waals surface area contributed by atoms with E-state index < -0.39 is 0 Å². The summed E-state index contributed by atoms with van der Waals surface area (Å²) in [6.45, 7) is 13.4. The van der Waals surface area contributed by atoms with Gasteiger partial charge in [0.15, 0.2) is 0 Å². The molecule has 3 saturated carbocycles. The Morgan fingerprint density at radius 3 is 2.44 bits per heavy atom. The van der Waals surface area contributed by atoms with E-state index in [0.717, 1.165) is 36.2 Å². The molecular weight excluding hydrogens is 426 g/mol. The molecule has 0 amide bonds. The van der Waals surface area contributed by atoms with Gasteiger partial charge in [-0.3, -0.25) is 14.9 Å². The van der Waals surface area contributed by atoms with Crippen molar-refractivity contribution in [3.63, 3.8) is 0 Å². The molecule has 4 aliphatic rings. The molecule has 3 fully saturated rings. The van der Waals surface area contributed by atoms with Gasteiger partial charge >= 0.3 is 5.97 Å². The quantitative estimate of drug-likeness (QED) is 0.217. The number of allylic oxidation sites excluding steroid dienone is 1. The summed E-state index contributed by atoms with van der Waals surface area (Å²) < 4.78 is 5.53. The zero-order chi connectivity index (χ0) is 24.8. The van der Waals surface area contributed by atoms with Gasteiger partial charge in [0.05, 0.1) is 4.92 Å². The highest BCUT2D eigenvalue weighted by Gasteiger charge is 2.61. The van der Waals surface area contributed by atoms with Gasteiger partial charge in [0.2, 0.25) is 5.70 Å². The summed E-state index contributed by atoms with van der Waals surface area (Å²) in [6.07, 6.45) is 11.6. The van der Waals surface area contributed by atoms with Crippen LogP contribution in [0.15, 0.2) is 11.3 Å². The minimum Gasteiger partial charge on any atom is -0.462 e. The lowest BCUT2D eigenvalue weighted by Gasteiger charge is -2.58. The lowest BCUT2D eigenvalue weighted by Crippen LogP contribution is -2.52. The molecule has 0 unspecified atom stereocenters. The van der Waals surface area contributed by atoms with Crippen molar-refractivity contribution < 1.29 is 14.5 Å². The molecule has 0 aliphatic heterocycles. The van der Waals surface area contributed by atoms with Crippen LogP contribution in [-0.2, 0) is 9.53 Å². The monoisotopic (exact) mass is 473 g/mol. The maximum Gasteiger partial charge on any atom is 0.302 e. The fourth-order valence-corrected chi connectivity index (χ4v) is 9.29. The van der Waals surface area contributed by atoms with E-state index in [9.17, 15) is 14.9 Å². The fraction of sp³-hybridized carbons (Fsp3) is 0.897. The van der Waals surface area contributed by atoms with Gasteiger partial charge < -0.3 is 4.74 Å². The van der Waals surface area contributed by atoms with Gasteiger partial charge in [-0.1, -0.05) is 53.9 Å². The molecule has 0 saturated heterocycles. The SMILES string of the molecule is CC(=O)O[C@@H]1CC[C@@]2(C)C(=C([N+](=O)[O-])C[C@H]3[C@@H]4CC[C@H]([C@@H](C)CCCC(C)C)[C@@]4(C)CC[C@@H]32)C1. The number of ether oxygens (including phenoxy) is 1. The van der Waals surface area contributed by atoms with Crippen LogP contribution in [0.1, 0.15) is 112 Å². The first-order valence-corrected chi connectivity index (χ1v) is 14.0. The van der Waals surface area contributed by atoms with Gasteiger partial charge in [0.25, 0.3) is 0 Å². The Labute approximate surface area is 206 Å². The zero-order valence-electron chi connectivity index (χ0n) is 22.4. The number of rotatable bonds is 7. The number of nitro groups is 1. The van der Waals surface area contributed by atoms with Crippen molar-refractivity contribution in [2.75, 3.05) is 0 Å². The Morgan fingerprint density at radius 1 is 1.06 bits per heavy atom. The van der Waals surface area contributed by atoms with E-state index in [4.69, 9.17) is 4.74 Å². The summed E-state index contributed by atoms with van der Waals surface area (Å²) in [7, 11) is 0. The molecule has 8 atom stereocenters. The maximum absolute atomic E-state index is 12.3. The van der Waals surface area contributed by atoms with Crippen LogP contribution in [-0.4, -0.2) is 17.0 Å². The average Bonchev–Trinajstić information content (AvgIpc) is 3.10. The molecule has 0 radical (unpaired) electrons. The van der Waals surface area contributed by atoms with E-state index in [1.54, 1.807) is 0 Å². The first-order chi connectivity index (χ1) is 16.0. The Hall–Kier alpha value is -1.39. The van der Waals surface area contributed by atoms with Crippen LogP contribution in [0.4, 0.5) is 0 Å². The normalized spacial score (nSPS) is 40.4. The number of hydrogen-bond donors (Lipinski definition) is 0. The summed E-state index contributed by atoms with van der Waals surface area (Å²) in [4.78, 5) is 23.8. The summed E-state index contributed by atoms with van der Waals surface area (Å²) in [5, 5.41) is 12.3. The Kier molecular flexibility index (Phi) is 7.24. The molecule has 4 rings (SSSR count). The number of fused-ring (bicyclic) bond motifs is 5. The van der Waals surface area contributed by atoms with E-state index in [1.165, 1.54) is 51.9 Å². The van der Waals surface area contributed by atoms with E-state index in [2.05, 4.69) is 34.6 Å². The maximum atomic E-state index is 12.3. The van der Waals surface area contributed by atoms with Crippen LogP contribution < -0.4 is 0 Å². The molecule has 34 heavy (non-hydrogen) atoms. The van der Waals surface area contributed by atoms with Crippen molar-refractivity contribution in [3.8, 4) is 0 Å². The van der Waals surface area contributed by atoms with E-state index in [1.807, 2.05) is 0 Å². The molecule has 4 aliphatic carbocycles. The van der Waals surface area contributed by atoms with Crippen LogP contribution >= 0.6 is 0 Å². The van der Waals surface area contributed by atoms with E-state index >= 15 is 0 Å². The number of nitrogens with zero attached hydrogens (tertiary/aromatic N) is 1. The van der Waals surface area contributed by atoms with Crippen molar-refractivity contribution in [2.45, 2.75) is 118 Å². The van der Waals surface area contributed by atoms with Crippen molar-refractivity contribution in [2.24, 2.45) is 46.3 Å². The first kappa shape index (κ1) is 25.7. The van der Waals surface area contributed by atoms with Crippen molar-refractivity contribution >= 4 is 5.97 Å². The summed E-state index contributed by atoms with van der Waals surface area (Å²) in [6, 6.07) is 0. The van der Waals surface area contributed by atoms with Gasteiger partial charge in [-0.25, -0.2) is 0 Å². The van der Waals surface area contributed by atoms with E-state index in [-0.39, 0.29) is 22.4 Å². The van der Waals surface area contributed by atoms with Gasteiger partial charge in [-0.2, -0.15) is 0 Å². The van der Waals surface area contributed by atoms with Crippen LogP contribution in [0.5, 0.6) is 0 Å². The summed E-state index contributed by atoms with van der Waals surface area (Å²) in [5.74, 6) is 3.53. The molecule has 5 nitrogen and oxygen atoms in total. The Bertz CT molecular complexity index is 834. The fourth-order valence-electron chi connectivity index (χ4n) is 9.29. The molecule has 5 heteroatoms. The van der Waals surface area contributed by atoms with Gasteiger partial charge in [0.1, 0.15) is 6.10 Å². The highest BCUT2D eigenvalue weighted by Crippen LogP contribution is 2.68. The molecule has 0 spiro atoms. The predicted molar refractivity (Wildman–Crippen MR) is 135 cm³/mol. The van der Waals surface area contributed by atoms with Gasteiger partial charge in [-0.15, -0.1) is 0 Å². The standard InChI is InChI=1S/C29H47NO4/c1-18(2)8-7-9-19(3)23-10-11-24-22-17-27(30(32)33)26-16-21(34-20(4)31)12-14-29(26,6)25(22)13-15-28(23,24)5/h18-19,21-25H,7-17H2,1-6H3/t19-,21+,22-,23+,24-,25-,28+,29+/m0/s1.